The van der Waals surface area contributed by atoms with E-state index in [1.54, 1.807) is 37.7 Å². The summed E-state index contributed by atoms with van der Waals surface area (Å²) in [5.74, 6) is 4.51. The molecule has 0 aliphatic heterocycles. The first-order valence-corrected chi connectivity index (χ1v) is 10.4. The number of ether oxygens (including phenoxy) is 1. The van der Waals surface area contributed by atoms with Gasteiger partial charge in [0.1, 0.15) is 0 Å². The summed E-state index contributed by atoms with van der Waals surface area (Å²) in [7, 11) is 1.71. The van der Waals surface area contributed by atoms with Crippen molar-refractivity contribution in [1.82, 2.24) is 9.97 Å². The predicted molar refractivity (Wildman–Crippen MR) is 121 cm³/mol. The number of nitrogens with zero attached hydrogens (tertiary/aromatic N) is 2. The maximum absolute atomic E-state index is 13.6. The number of halogens is 2. The summed E-state index contributed by atoms with van der Waals surface area (Å²) in [5.41, 5.74) is 4.15. The van der Waals surface area contributed by atoms with Gasteiger partial charge in [0.05, 0.1) is 6.61 Å². The Balaban J connectivity index is 1.41. The van der Waals surface area contributed by atoms with Crippen LogP contribution in [0.25, 0.3) is 10.8 Å². The minimum absolute atomic E-state index is 0.385. The van der Waals surface area contributed by atoms with E-state index >= 15 is 0 Å². The van der Waals surface area contributed by atoms with Crippen molar-refractivity contribution in [3.05, 3.63) is 107 Å². The zero-order chi connectivity index (χ0) is 22.3. The second-order valence-electron chi connectivity index (χ2n) is 7.52. The Bertz CT molecular complexity index is 1270. The van der Waals surface area contributed by atoms with Crippen molar-refractivity contribution in [3.63, 3.8) is 0 Å². The zero-order valence-electron chi connectivity index (χ0n) is 17.7. The van der Waals surface area contributed by atoms with E-state index in [0.717, 1.165) is 31.4 Å². The molecule has 160 valence electrons. The van der Waals surface area contributed by atoms with Crippen molar-refractivity contribution < 1.29 is 13.5 Å². The van der Waals surface area contributed by atoms with E-state index in [2.05, 4.69) is 46.1 Å². The van der Waals surface area contributed by atoms with E-state index in [-0.39, 0.29) is 0 Å². The SMILES string of the molecule is COCCc1ccc(CCc2cnc(C#Cc3cccc4cc(F)c(F)cc34)nc2)cc1. The van der Waals surface area contributed by atoms with Crippen LogP contribution in [0, 0.1) is 23.5 Å². The van der Waals surface area contributed by atoms with E-state index in [4.69, 9.17) is 4.74 Å². The Kier molecular flexibility index (Phi) is 6.84. The maximum atomic E-state index is 13.6. The van der Waals surface area contributed by atoms with Crippen LogP contribution < -0.4 is 0 Å². The lowest BCUT2D eigenvalue weighted by Crippen LogP contribution is -1.97. The molecule has 4 rings (SSSR count). The molecular formula is C27H22F2N2O. The number of aryl methyl sites for hydroxylation is 2. The molecule has 0 fully saturated rings. The summed E-state index contributed by atoms with van der Waals surface area (Å²) in [6.07, 6.45) is 6.21. The average Bonchev–Trinajstić information content (AvgIpc) is 2.82. The summed E-state index contributed by atoms with van der Waals surface area (Å²) in [6, 6.07) is 16.2. The van der Waals surface area contributed by atoms with E-state index in [0.29, 0.717) is 22.2 Å². The summed E-state index contributed by atoms with van der Waals surface area (Å²) < 4.78 is 32.2. The van der Waals surface area contributed by atoms with E-state index in [1.165, 1.54) is 23.3 Å². The fraction of sp³-hybridized carbons (Fsp3) is 0.185. The third kappa shape index (κ3) is 5.35. The minimum Gasteiger partial charge on any atom is -0.384 e. The molecule has 0 spiro atoms. The molecule has 32 heavy (non-hydrogen) atoms. The Morgan fingerprint density at radius 2 is 1.44 bits per heavy atom. The van der Waals surface area contributed by atoms with Gasteiger partial charge in [-0.3, -0.25) is 0 Å². The first-order valence-electron chi connectivity index (χ1n) is 10.4. The van der Waals surface area contributed by atoms with E-state index in [9.17, 15) is 8.78 Å². The summed E-state index contributed by atoms with van der Waals surface area (Å²) >= 11 is 0. The van der Waals surface area contributed by atoms with Crippen LogP contribution >= 0.6 is 0 Å². The Morgan fingerprint density at radius 1 is 0.781 bits per heavy atom. The van der Waals surface area contributed by atoms with Gasteiger partial charge in [0.25, 0.3) is 0 Å². The first kappa shape index (κ1) is 21.6. The highest BCUT2D eigenvalue weighted by molar-refractivity contribution is 5.88. The number of benzene rings is 3. The number of hydrogen-bond acceptors (Lipinski definition) is 3. The topological polar surface area (TPSA) is 35.0 Å². The van der Waals surface area contributed by atoms with Gasteiger partial charge in [-0.25, -0.2) is 18.7 Å². The van der Waals surface area contributed by atoms with Crippen LogP contribution in [0.2, 0.25) is 0 Å². The van der Waals surface area contributed by atoms with Crippen LogP contribution in [0.4, 0.5) is 8.78 Å². The van der Waals surface area contributed by atoms with Gasteiger partial charge in [0, 0.05) is 30.5 Å². The van der Waals surface area contributed by atoms with Crippen LogP contribution in [0.3, 0.4) is 0 Å². The highest BCUT2D eigenvalue weighted by atomic mass is 19.2. The van der Waals surface area contributed by atoms with Gasteiger partial charge in [-0.1, -0.05) is 42.3 Å². The molecule has 1 heterocycles. The van der Waals surface area contributed by atoms with E-state index in [1.807, 2.05) is 0 Å². The van der Waals surface area contributed by atoms with Gasteiger partial charge in [-0.15, -0.1) is 0 Å². The minimum atomic E-state index is -0.892. The van der Waals surface area contributed by atoms with Crippen molar-refractivity contribution in [2.75, 3.05) is 13.7 Å². The summed E-state index contributed by atoms with van der Waals surface area (Å²) in [6.45, 7) is 0.724. The molecule has 0 N–H and O–H groups in total. The monoisotopic (exact) mass is 428 g/mol. The number of methoxy groups -OCH3 is 1. The standard InChI is InChI=1S/C27H22F2N2O/c1-32-14-13-20-7-5-19(6-8-20)9-10-21-17-30-27(31-18-21)12-11-22-3-2-4-23-15-25(28)26(29)16-24(22)23/h2-8,15-18H,9-10,13-14H2,1H3. The molecule has 4 aromatic rings. The molecule has 0 amide bonds. The molecule has 0 aliphatic rings. The molecule has 0 aliphatic carbocycles. The number of hydrogen-bond donors (Lipinski definition) is 0. The molecule has 0 unspecified atom stereocenters. The molecule has 3 nitrogen and oxygen atoms in total. The lowest BCUT2D eigenvalue weighted by molar-refractivity contribution is 0.202. The molecule has 0 radical (unpaired) electrons. The molecule has 0 atom stereocenters. The van der Waals surface area contributed by atoms with Crippen molar-refractivity contribution in [2.45, 2.75) is 19.3 Å². The fourth-order valence-corrected chi connectivity index (χ4v) is 3.43. The van der Waals surface area contributed by atoms with Gasteiger partial charge in [-0.2, -0.15) is 0 Å². The summed E-state index contributed by atoms with van der Waals surface area (Å²) in [4.78, 5) is 8.67. The fourth-order valence-electron chi connectivity index (χ4n) is 3.43. The highest BCUT2D eigenvalue weighted by Crippen LogP contribution is 2.21. The molecular weight excluding hydrogens is 406 g/mol. The van der Waals surface area contributed by atoms with Crippen molar-refractivity contribution in [2.24, 2.45) is 0 Å². The molecule has 0 saturated carbocycles. The normalized spacial score (nSPS) is 10.7. The Hall–Kier alpha value is -3.62. The molecule has 0 saturated heterocycles. The van der Waals surface area contributed by atoms with Crippen LogP contribution in [0.1, 0.15) is 28.1 Å². The highest BCUT2D eigenvalue weighted by Gasteiger charge is 2.06. The summed E-state index contributed by atoms with van der Waals surface area (Å²) in [5, 5.41) is 1.16. The lowest BCUT2D eigenvalue weighted by Gasteiger charge is -2.04. The van der Waals surface area contributed by atoms with Crippen molar-refractivity contribution in [1.29, 1.82) is 0 Å². The van der Waals surface area contributed by atoms with Crippen molar-refractivity contribution >= 4 is 10.8 Å². The predicted octanol–water partition coefficient (Wildman–Crippen LogP) is 5.28. The van der Waals surface area contributed by atoms with Gasteiger partial charge in [0.2, 0.25) is 5.82 Å². The maximum Gasteiger partial charge on any atom is 0.205 e. The van der Waals surface area contributed by atoms with Gasteiger partial charge in [-0.05, 0) is 65.5 Å². The Morgan fingerprint density at radius 3 is 2.16 bits per heavy atom. The largest absolute Gasteiger partial charge is 0.384 e. The second-order valence-corrected chi connectivity index (χ2v) is 7.52. The zero-order valence-corrected chi connectivity index (χ0v) is 17.7. The van der Waals surface area contributed by atoms with Crippen LogP contribution in [0.15, 0.2) is 67.0 Å². The van der Waals surface area contributed by atoms with Crippen LogP contribution in [-0.4, -0.2) is 23.7 Å². The molecule has 5 heteroatoms. The van der Waals surface area contributed by atoms with Crippen LogP contribution in [-0.2, 0) is 24.0 Å². The van der Waals surface area contributed by atoms with Gasteiger partial charge < -0.3 is 4.74 Å². The van der Waals surface area contributed by atoms with Gasteiger partial charge >= 0.3 is 0 Å². The number of rotatable bonds is 6. The third-order valence-corrected chi connectivity index (χ3v) is 5.26. The smallest absolute Gasteiger partial charge is 0.205 e. The van der Waals surface area contributed by atoms with E-state index < -0.39 is 11.6 Å². The number of aromatic nitrogens is 2. The second kappa shape index (κ2) is 10.1. The third-order valence-electron chi connectivity index (χ3n) is 5.26. The average molecular weight is 428 g/mol. The number of fused-ring (bicyclic) bond motifs is 1. The molecule has 0 bridgehead atoms. The molecule has 1 aromatic heterocycles. The van der Waals surface area contributed by atoms with Crippen LogP contribution in [0.5, 0.6) is 0 Å². The van der Waals surface area contributed by atoms with Gasteiger partial charge in [0.15, 0.2) is 11.6 Å². The lowest BCUT2D eigenvalue weighted by atomic mass is 10.0. The quantitative estimate of drug-likeness (QED) is 0.392. The Labute approximate surface area is 186 Å². The van der Waals surface area contributed by atoms with Crippen molar-refractivity contribution in [3.8, 4) is 11.8 Å². The molecule has 3 aromatic carbocycles. The first-order chi connectivity index (χ1) is 15.6.